The van der Waals surface area contributed by atoms with Crippen molar-refractivity contribution in [2.75, 3.05) is 30.3 Å². The fraction of sp³-hybridized carbons (Fsp3) is 0.417. The fourth-order valence-corrected chi connectivity index (χ4v) is 2.64. The lowest BCUT2D eigenvalue weighted by Gasteiger charge is -2.23. The highest BCUT2D eigenvalue weighted by atomic mass is 32.2. The number of carbonyl (C=O) groups is 1. The maximum Gasteiger partial charge on any atom is 0.339 e. The van der Waals surface area contributed by atoms with Gasteiger partial charge in [0, 0.05) is 6.07 Å². The van der Waals surface area contributed by atoms with Crippen molar-refractivity contribution in [2.24, 2.45) is 0 Å². The van der Waals surface area contributed by atoms with Crippen molar-refractivity contribution in [2.45, 2.75) is 6.92 Å². The van der Waals surface area contributed by atoms with E-state index in [-0.39, 0.29) is 24.5 Å². The molecule has 0 aromatic heterocycles. The molecule has 0 heterocycles. The van der Waals surface area contributed by atoms with E-state index in [1.807, 2.05) is 0 Å². The van der Waals surface area contributed by atoms with E-state index in [0.29, 0.717) is 4.31 Å². The summed E-state index contributed by atoms with van der Waals surface area (Å²) in [5.41, 5.74) is -0.813. The Balaban J connectivity index is 3.48. The van der Waals surface area contributed by atoms with Crippen LogP contribution in [-0.4, -0.2) is 50.6 Å². The van der Waals surface area contributed by atoms with E-state index in [0.717, 1.165) is 18.4 Å². The molecular formula is C12H16FNO6S. The Morgan fingerprint density at radius 2 is 2.05 bits per heavy atom. The summed E-state index contributed by atoms with van der Waals surface area (Å²) < 4.78 is 43.0. The number of hydrogen-bond donors (Lipinski definition) is 2. The molecule has 0 bridgehead atoms. The van der Waals surface area contributed by atoms with Gasteiger partial charge in [0.05, 0.1) is 31.7 Å². The second-order valence-electron chi connectivity index (χ2n) is 4.10. The predicted molar refractivity (Wildman–Crippen MR) is 73.8 cm³/mol. The maximum atomic E-state index is 14.1. The third-order valence-electron chi connectivity index (χ3n) is 2.55. The summed E-state index contributed by atoms with van der Waals surface area (Å²) in [6, 6.07) is 1.69. The van der Waals surface area contributed by atoms with Gasteiger partial charge in [-0.2, -0.15) is 0 Å². The minimum absolute atomic E-state index is 0.130. The number of hydrogen-bond acceptors (Lipinski definition) is 5. The van der Waals surface area contributed by atoms with Crippen LogP contribution >= 0.6 is 0 Å². The first-order valence-electron chi connectivity index (χ1n) is 6.00. The van der Waals surface area contributed by atoms with Crippen LogP contribution in [0.2, 0.25) is 0 Å². The van der Waals surface area contributed by atoms with Crippen LogP contribution in [0.3, 0.4) is 0 Å². The van der Waals surface area contributed by atoms with Crippen molar-refractivity contribution >= 4 is 21.7 Å². The third-order valence-corrected chi connectivity index (χ3v) is 3.73. The molecule has 0 aliphatic rings. The van der Waals surface area contributed by atoms with Gasteiger partial charge in [-0.25, -0.2) is 17.6 Å². The van der Waals surface area contributed by atoms with E-state index in [1.165, 1.54) is 0 Å². The highest BCUT2D eigenvalue weighted by molar-refractivity contribution is 7.92. The molecule has 0 atom stereocenters. The Kier molecular flexibility index (Phi) is 5.50. The van der Waals surface area contributed by atoms with E-state index < -0.39 is 34.1 Å². The molecule has 118 valence electrons. The van der Waals surface area contributed by atoms with Crippen LogP contribution in [0.15, 0.2) is 12.1 Å². The van der Waals surface area contributed by atoms with Crippen LogP contribution < -0.4 is 9.04 Å². The Morgan fingerprint density at radius 3 is 2.48 bits per heavy atom. The predicted octanol–water partition coefficient (Wildman–Crippen LogP) is 0.681. The zero-order chi connectivity index (χ0) is 16.2. The smallest absolute Gasteiger partial charge is 0.339 e. The summed E-state index contributed by atoms with van der Waals surface area (Å²) >= 11 is 0. The molecule has 0 spiro atoms. The number of carboxylic acid groups (broad SMARTS) is 1. The number of carboxylic acids is 1. The number of aliphatic hydroxyl groups is 1. The highest BCUT2D eigenvalue weighted by Gasteiger charge is 2.24. The van der Waals surface area contributed by atoms with Gasteiger partial charge in [-0.1, -0.05) is 0 Å². The number of nitrogens with zero attached hydrogens (tertiary/aromatic N) is 1. The lowest BCUT2D eigenvalue weighted by molar-refractivity contribution is 0.0692. The van der Waals surface area contributed by atoms with Gasteiger partial charge in [-0.15, -0.1) is 0 Å². The summed E-state index contributed by atoms with van der Waals surface area (Å²) in [4.78, 5) is 11.2. The van der Waals surface area contributed by atoms with Crippen molar-refractivity contribution in [1.82, 2.24) is 0 Å². The van der Waals surface area contributed by atoms with Crippen molar-refractivity contribution < 1.29 is 32.6 Å². The molecule has 0 fully saturated rings. The molecule has 0 aliphatic carbocycles. The fourth-order valence-electron chi connectivity index (χ4n) is 1.73. The summed E-state index contributed by atoms with van der Waals surface area (Å²) in [6.07, 6.45) is 0.832. The molecule has 0 unspecified atom stereocenters. The van der Waals surface area contributed by atoms with Gasteiger partial charge in [-0.3, -0.25) is 4.31 Å². The summed E-state index contributed by atoms with van der Waals surface area (Å²) in [7, 11) is -3.87. The summed E-state index contributed by atoms with van der Waals surface area (Å²) in [6.45, 7) is 0.808. The number of halogens is 1. The Hall–Kier alpha value is -1.87. The maximum absolute atomic E-state index is 14.1. The number of rotatable bonds is 7. The van der Waals surface area contributed by atoms with Crippen LogP contribution in [0.25, 0.3) is 0 Å². The van der Waals surface area contributed by atoms with Crippen LogP contribution in [0.4, 0.5) is 10.1 Å². The van der Waals surface area contributed by atoms with E-state index in [9.17, 15) is 17.6 Å². The molecule has 21 heavy (non-hydrogen) atoms. The van der Waals surface area contributed by atoms with E-state index in [2.05, 4.69) is 0 Å². The van der Waals surface area contributed by atoms with Crippen LogP contribution in [0.5, 0.6) is 5.75 Å². The topological polar surface area (TPSA) is 104 Å². The zero-order valence-corrected chi connectivity index (χ0v) is 12.4. The van der Waals surface area contributed by atoms with Crippen LogP contribution in [0.1, 0.15) is 17.3 Å². The quantitative estimate of drug-likeness (QED) is 0.765. The van der Waals surface area contributed by atoms with Gasteiger partial charge in [0.1, 0.15) is 11.3 Å². The minimum Gasteiger partial charge on any atom is -0.493 e. The first-order chi connectivity index (χ1) is 9.72. The minimum atomic E-state index is -3.87. The van der Waals surface area contributed by atoms with Gasteiger partial charge in [0.15, 0.2) is 5.82 Å². The van der Waals surface area contributed by atoms with Crippen LogP contribution in [0, 0.1) is 5.82 Å². The van der Waals surface area contributed by atoms with E-state index in [4.69, 9.17) is 14.9 Å². The molecule has 1 aromatic carbocycles. The molecule has 2 N–H and O–H groups in total. The van der Waals surface area contributed by atoms with E-state index in [1.54, 1.807) is 6.92 Å². The summed E-state index contributed by atoms with van der Waals surface area (Å²) in [5, 5.41) is 18.0. The van der Waals surface area contributed by atoms with Crippen molar-refractivity contribution in [3.8, 4) is 5.75 Å². The second kappa shape index (κ2) is 6.72. The number of sulfonamides is 1. The largest absolute Gasteiger partial charge is 0.493 e. The van der Waals surface area contributed by atoms with Gasteiger partial charge >= 0.3 is 5.97 Å². The molecule has 0 aliphatic heterocycles. The van der Waals surface area contributed by atoms with Crippen molar-refractivity contribution in [1.29, 1.82) is 0 Å². The second-order valence-corrected chi connectivity index (χ2v) is 6.00. The standard InChI is InChI=1S/C12H16FNO6S/c1-3-20-11-7-9(13)10(6-8(11)12(16)17)14(4-5-15)21(2,18)19/h6-7,15H,3-5H2,1-2H3,(H,16,17). The Bertz CT molecular complexity index is 631. The molecule has 7 nitrogen and oxygen atoms in total. The molecule has 9 heteroatoms. The summed E-state index contributed by atoms with van der Waals surface area (Å²) in [5.74, 6) is -2.52. The average Bonchev–Trinajstić information content (AvgIpc) is 2.35. The molecule has 0 amide bonds. The number of aliphatic hydroxyl groups excluding tert-OH is 1. The Labute approximate surface area is 121 Å². The number of aromatic carboxylic acids is 1. The van der Waals surface area contributed by atoms with E-state index >= 15 is 0 Å². The third kappa shape index (κ3) is 4.05. The SMILES string of the molecule is CCOc1cc(F)c(N(CCO)S(C)(=O)=O)cc1C(=O)O. The number of benzene rings is 1. The lowest BCUT2D eigenvalue weighted by atomic mass is 10.1. The molecule has 1 aromatic rings. The van der Waals surface area contributed by atoms with Gasteiger partial charge < -0.3 is 14.9 Å². The zero-order valence-electron chi connectivity index (χ0n) is 11.5. The first-order valence-corrected chi connectivity index (χ1v) is 7.85. The van der Waals surface area contributed by atoms with Gasteiger partial charge in [-0.05, 0) is 13.0 Å². The molecule has 0 saturated heterocycles. The first kappa shape index (κ1) is 17.2. The lowest BCUT2D eigenvalue weighted by Crippen LogP contribution is -2.33. The van der Waals surface area contributed by atoms with Crippen LogP contribution in [-0.2, 0) is 10.0 Å². The van der Waals surface area contributed by atoms with Crippen molar-refractivity contribution in [3.05, 3.63) is 23.5 Å². The highest BCUT2D eigenvalue weighted by Crippen LogP contribution is 2.30. The Morgan fingerprint density at radius 1 is 1.43 bits per heavy atom. The average molecular weight is 321 g/mol. The normalized spacial score (nSPS) is 11.2. The molecular weight excluding hydrogens is 305 g/mol. The number of anilines is 1. The molecule has 0 radical (unpaired) electrons. The van der Waals surface area contributed by atoms with Crippen molar-refractivity contribution in [3.63, 3.8) is 0 Å². The van der Waals surface area contributed by atoms with Gasteiger partial charge in [0.25, 0.3) is 0 Å². The number of ether oxygens (including phenoxy) is 1. The molecule has 0 saturated carbocycles. The monoisotopic (exact) mass is 321 g/mol. The molecule has 1 rings (SSSR count). The van der Waals surface area contributed by atoms with Gasteiger partial charge in [0.2, 0.25) is 10.0 Å².